The van der Waals surface area contributed by atoms with Crippen LogP contribution in [0.3, 0.4) is 0 Å². The molecule has 0 N–H and O–H groups in total. The quantitative estimate of drug-likeness (QED) is 0.856. The van der Waals surface area contributed by atoms with Gasteiger partial charge in [0.05, 0.1) is 0 Å². The van der Waals surface area contributed by atoms with Gasteiger partial charge in [0.25, 0.3) is 5.91 Å². The molecule has 0 atom stereocenters. The average molecular weight is 330 g/mol. The molecule has 5 heteroatoms. The third kappa shape index (κ3) is 3.18. The van der Waals surface area contributed by atoms with Crippen molar-refractivity contribution in [2.45, 2.75) is 52.1 Å². The number of hydrogen-bond donors (Lipinski definition) is 0. The molecule has 130 valence electrons. The molecular formula is C19H26N2O3. The molecule has 1 saturated heterocycles. The van der Waals surface area contributed by atoms with E-state index in [2.05, 4.69) is 13.8 Å². The molecule has 24 heavy (non-hydrogen) atoms. The van der Waals surface area contributed by atoms with Crippen molar-refractivity contribution in [2.75, 3.05) is 24.7 Å². The third-order valence-corrected chi connectivity index (χ3v) is 4.98. The van der Waals surface area contributed by atoms with E-state index >= 15 is 0 Å². The smallest absolute Gasteiger partial charge is 0.254 e. The van der Waals surface area contributed by atoms with E-state index in [1.54, 1.807) is 11.8 Å². The number of benzene rings is 1. The first-order chi connectivity index (χ1) is 11.5. The lowest BCUT2D eigenvalue weighted by Gasteiger charge is -2.37. The summed E-state index contributed by atoms with van der Waals surface area (Å²) in [5, 5.41) is 0. The topological polar surface area (TPSA) is 49.9 Å². The molecule has 1 fully saturated rings. The van der Waals surface area contributed by atoms with Gasteiger partial charge >= 0.3 is 0 Å². The molecule has 2 aliphatic heterocycles. The first kappa shape index (κ1) is 17.0. The number of carbonyl (C=O) groups is 2. The van der Waals surface area contributed by atoms with Crippen molar-refractivity contribution in [3.8, 4) is 0 Å². The second kappa shape index (κ2) is 6.93. The minimum atomic E-state index is 0.0545. The van der Waals surface area contributed by atoms with E-state index in [0.29, 0.717) is 6.54 Å². The van der Waals surface area contributed by atoms with Crippen LogP contribution in [0.2, 0.25) is 0 Å². The predicted octanol–water partition coefficient (Wildman–Crippen LogP) is 2.63. The van der Waals surface area contributed by atoms with Gasteiger partial charge < -0.3 is 14.5 Å². The van der Waals surface area contributed by atoms with E-state index in [0.717, 1.165) is 49.3 Å². The van der Waals surface area contributed by atoms with Crippen LogP contribution in [0.4, 0.5) is 5.69 Å². The fourth-order valence-corrected chi connectivity index (χ4v) is 3.80. The van der Waals surface area contributed by atoms with Crippen LogP contribution < -0.4 is 4.90 Å². The lowest BCUT2D eigenvalue weighted by atomic mass is 10.0. The zero-order chi connectivity index (χ0) is 17.3. The standard InChI is InChI=1S/C19H26N2O3/c1-13(2)21(17-7-10-24-11-8-17)19(23)16-4-5-18-15(12-16)6-9-20(18)14(3)22/h4-5,12-13,17H,6-11H2,1-3H3. The second-order valence-electron chi connectivity index (χ2n) is 6.91. The minimum absolute atomic E-state index is 0.0545. The SMILES string of the molecule is CC(=O)N1CCc2cc(C(=O)N(C(C)C)C3CCOCC3)ccc21. The Bertz CT molecular complexity index is 635. The molecule has 0 saturated carbocycles. The number of anilines is 1. The summed E-state index contributed by atoms with van der Waals surface area (Å²) in [6, 6.07) is 6.14. The van der Waals surface area contributed by atoms with Crippen molar-refractivity contribution in [1.82, 2.24) is 4.90 Å². The molecule has 0 bridgehead atoms. The second-order valence-corrected chi connectivity index (χ2v) is 6.91. The summed E-state index contributed by atoms with van der Waals surface area (Å²) in [5.74, 6) is 0.139. The number of ether oxygens (including phenoxy) is 1. The van der Waals surface area contributed by atoms with E-state index < -0.39 is 0 Å². The molecule has 1 aromatic rings. The number of carbonyl (C=O) groups excluding carboxylic acids is 2. The maximum absolute atomic E-state index is 13.1. The Morgan fingerprint density at radius 3 is 2.58 bits per heavy atom. The Morgan fingerprint density at radius 2 is 1.96 bits per heavy atom. The zero-order valence-electron chi connectivity index (χ0n) is 14.7. The molecule has 0 radical (unpaired) electrons. The molecule has 3 rings (SSSR count). The van der Waals surface area contributed by atoms with Crippen LogP contribution in [0.1, 0.15) is 49.5 Å². The molecule has 1 aromatic carbocycles. The molecular weight excluding hydrogens is 304 g/mol. The molecule has 2 amide bonds. The normalized spacial score (nSPS) is 17.9. The fourth-order valence-electron chi connectivity index (χ4n) is 3.80. The molecule has 0 spiro atoms. The molecule has 0 aromatic heterocycles. The highest BCUT2D eigenvalue weighted by Crippen LogP contribution is 2.30. The number of amides is 2. The van der Waals surface area contributed by atoms with Gasteiger partial charge in [-0.1, -0.05) is 0 Å². The summed E-state index contributed by atoms with van der Waals surface area (Å²) in [6.45, 7) is 7.87. The number of rotatable bonds is 3. The summed E-state index contributed by atoms with van der Waals surface area (Å²) in [7, 11) is 0. The highest BCUT2D eigenvalue weighted by Gasteiger charge is 2.30. The maximum Gasteiger partial charge on any atom is 0.254 e. The van der Waals surface area contributed by atoms with Gasteiger partial charge in [-0.25, -0.2) is 0 Å². The van der Waals surface area contributed by atoms with Crippen LogP contribution in [0.15, 0.2) is 18.2 Å². The van der Waals surface area contributed by atoms with Gasteiger partial charge in [0.2, 0.25) is 5.91 Å². The summed E-state index contributed by atoms with van der Waals surface area (Å²) in [4.78, 5) is 28.6. The van der Waals surface area contributed by atoms with Crippen molar-refractivity contribution in [3.05, 3.63) is 29.3 Å². The third-order valence-electron chi connectivity index (χ3n) is 4.98. The van der Waals surface area contributed by atoms with Crippen LogP contribution in [0.25, 0.3) is 0 Å². The summed E-state index contributed by atoms with van der Waals surface area (Å²) >= 11 is 0. The van der Waals surface area contributed by atoms with Crippen molar-refractivity contribution in [1.29, 1.82) is 0 Å². The highest BCUT2D eigenvalue weighted by atomic mass is 16.5. The van der Waals surface area contributed by atoms with E-state index in [4.69, 9.17) is 4.74 Å². The Kier molecular flexibility index (Phi) is 4.90. The molecule has 2 aliphatic rings. The number of nitrogens with zero attached hydrogens (tertiary/aromatic N) is 2. The van der Waals surface area contributed by atoms with Crippen molar-refractivity contribution in [2.24, 2.45) is 0 Å². The fraction of sp³-hybridized carbons (Fsp3) is 0.579. The minimum Gasteiger partial charge on any atom is -0.381 e. The Morgan fingerprint density at radius 1 is 1.25 bits per heavy atom. The van der Waals surface area contributed by atoms with Crippen molar-refractivity contribution in [3.63, 3.8) is 0 Å². The van der Waals surface area contributed by atoms with Crippen LogP contribution in [-0.2, 0) is 16.0 Å². The summed E-state index contributed by atoms with van der Waals surface area (Å²) in [6.07, 6.45) is 2.61. The zero-order valence-corrected chi connectivity index (χ0v) is 14.7. The van der Waals surface area contributed by atoms with Crippen molar-refractivity contribution < 1.29 is 14.3 Å². The average Bonchev–Trinajstić information content (AvgIpc) is 2.98. The predicted molar refractivity (Wildman–Crippen MR) is 93.3 cm³/mol. The van der Waals surface area contributed by atoms with Gasteiger partial charge in [0.1, 0.15) is 0 Å². The van der Waals surface area contributed by atoms with Gasteiger partial charge in [0, 0.05) is 50.0 Å². The van der Waals surface area contributed by atoms with Crippen LogP contribution >= 0.6 is 0 Å². The van der Waals surface area contributed by atoms with Crippen LogP contribution in [0, 0.1) is 0 Å². The van der Waals surface area contributed by atoms with Crippen LogP contribution in [0.5, 0.6) is 0 Å². The number of hydrogen-bond acceptors (Lipinski definition) is 3. The molecule has 0 unspecified atom stereocenters. The monoisotopic (exact) mass is 330 g/mol. The Labute approximate surface area is 143 Å². The van der Waals surface area contributed by atoms with Crippen molar-refractivity contribution >= 4 is 17.5 Å². The summed E-state index contributed by atoms with van der Waals surface area (Å²) < 4.78 is 5.43. The van der Waals surface area contributed by atoms with Gasteiger partial charge in [-0.15, -0.1) is 0 Å². The van der Waals surface area contributed by atoms with E-state index in [9.17, 15) is 9.59 Å². The van der Waals surface area contributed by atoms with Gasteiger partial charge in [-0.2, -0.15) is 0 Å². The highest BCUT2D eigenvalue weighted by molar-refractivity contribution is 5.98. The van der Waals surface area contributed by atoms with E-state index in [-0.39, 0.29) is 23.9 Å². The lowest BCUT2D eigenvalue weighted by Crippen LogP contribution is -2.47. The molecule has 2 heterocycles. The van der Waals surface area contributed by atoms with Gasteiger partial charge in [-0.05, 0) is 56.9 Å². The first-order valence-electron chi connectivity index (χ1n) is 8.80. The van der Waals surface area contributed by atoms with Gasteiger partial charge in [0.15, 0.2) is 0 Å². The van der Waals surface area contributed by atoms with Crippen LogP contribution in [-0.4, -0.2) is 48.6 Å². The maximum atomic E-state index is 13.1. The molecule has 5 nitrogen and oxygen atoms in total. The number of fused-ring (bicyclic) bond motifs is 1. The first-order valence-corrected chi connectivity index (χ1v) is 8.80. The Hall–Kier alpha value is -1.88. The largest absolute Gasteiger partial charge is 0.381 e. The molecule has 0 aliphatic carbocycles. The van der Waals surface area contributed by atoms with Gasteiger partial charge in [-0.3, -0.25) is 9.59 Å². The lowest BCUT2D eigenvalue weighted by molar-refractivity contribution is -0.116. The Balaban J connectivity index is 1.84. The summed E-state index contributed by atoms with van der Waals surface area (Å²) in [5.41, 5.74) is 2.76. The van der Waals surface area contributed by atoms with E-state index in [1.165, 1.54) is 0 Å². The van der Waals surface area contributed by atoms with E-state index in [1.807, 2.05) is 23.1 Å².